The summed E-state index contributed by atoms with van der Waals surface area (Å²) in [6, 6.07) is 1.80. The van der Waals surface area contributed by atoms with Gasteiger partial charge in [0.15, 0.2) is 0 Å². The molecule has 1 aromatic carbocycles. The number of ether oxygens (including phenoxy) is 1. The number of benzene rings is 1. The number of alkyl halides is 3. The molecule has 0 spiro atoms. The van der Waals surface area contributed by atoms with Crippen LogP contribution in [0.3, 0.4) is 0 Å². The molecule has 0 heterocycles. The van der Waals surface area contributed by atoms with Gasteiger partial charge < -0.3 is 9.84 Å². The SMILES string of the molecule is COc1cc(C(F)(F)F)c(C2(C(=O)O)CC2)cc1Cl. The van der Waals surface area contributed by atoms with Crippen LogP contribution in [-0.4, -0.2) is 18.2 Å². The molecular formula is C12H10ClF3O3. The van der Waals surface area contributed by atoms with Crippen molar-refractivity contribution in [3.8, 4) is 5.75 Å². The Balaban J connectivity index is 2.66. The van der Waals surface area contributed by atoms with Crippen molar-refractivity contribution >= 4 is 17.6 Å². The van der Waals surface area contributed by atoms with Crippen LogP contribution >= 0.6 is 11.6 Å². The van der Waals surface area contributed by atoms with E-state index in [0.717, 1.165) is 12.1 Å². The smallest absolute Gasteiger partial charge is 0.416 e. The van der Waals surface area contributed by atoms with Crippen molar-refractivity contribution in [2.45, 2.75) is 24.4 Å². The van der Waals surface area contributed by atoms with Gasteiger partial charge in [0.05, 0.1) is 23.1 Å². The van der Waals surface area contributed by atoms with Crippen molar-refractivity contribution in [1.29, 1.82) is 0 Å². The monoisotopic (exact) mass is 294 g/mol. The summed E-state index contributed by atoms with van der Waals surface area (Å²) in [6.45, 7) is 0. The van der Waals surface area contributed by atoms with Gasteiger partial charge in [0.1, 0.15) is 5.75 Å². The third-order valence-electron chi connectivity index (χ3n) is 3.27. The molecule has 1 N–H and O–H groups in total. The first-order valence-electron chi connectivity index (χ1n) is 5.41. The van der Waals surface area contributed by atoms with Gasteiger partial charge in [0, 0.05) is 0 Å². The first-order valence-corrected chi connectivity index (χ1v) is 5.79. The Kier molecular flexibility index (Phi) is 3.16. The summed E-state index contributed by atoms with van der Waals surface area (Å²) in [4.78, 5) is 11.2. The Labute approximate surface area is 111 Å². The molecule has 104 valence electrons. The van der Waals surface area contributed by atoms with E-state index in [1.54, 1.807) is 0 Å². The highest BCUT2D eigenvalue weighted by molar-refractivity contribution is 6.32. The van der Waals surface area contributed by atoms with E-state index in [1.807, 2.05) is 0 Å². The van der Waals surface area contributed by atoms with Gasteiger partial charge in [0.2, 0.25) is 0 Å². The van der Waals surface area contributed by atoms with E-state index < -0.39 is 23.1 Å². The maximum atomic E-state index is 13.0. The number of rotatable bonds is 3. The van der Waals surface area contributed by atoms with Crippen LogP contribution in [-0.2, 0) is 16.4 Å². The number of halogens is 4. The van der Waals surface area contributed by atoms with Gasteiger partial charge in [-0.25, -0.2) is 0 Å². The number of methoxy groups -OCH3 is 1. The molecule has 0 unspecified atom stereocenters. The highest BCUT2D eigenvalue weighted by atomic mass is 35.5. The summed E-state index contributed by atoms with van der Waals surface area (Å²) < 4.78 is 43.8. The van der Waals surface area contributed by atoms with Crippen molar-refractivity contribution in [2.24, 2.45) is 0 Å². The molecule has 0 saturated heterocycles. The Bertz CT molecular complexity index is 536. The Morgan fingerprint density at radius 3 is 2.37 bits per heavy atom. The molecule has 19 heavy (non-hydrogen) atoms. The summed E-state index contributed by atoms with van der Waals surface area (Å²) in [5.41, 5.74) is -2.77. The van der Waals surface area contributed by atoms with Crippen molar-refractivity contribution in [1.82, 2.24) is 0 Å². The van der Waals surface area contributed by atoms with E-state index in [4.69, 9.17) is 21.4 Å². The average molecular weight is 295 g/mol. The summed E-state index contributed by atoms with van der Waals surface area (Å²) in [5, 5.41) is 9.09. The van der Waals surface area contributed by atoms with Crippen LogP contribution in [0.25, 0.3) is 0 Å². The summed E-state index contributed by atoms with van der Waals surface area (Å²) in [7, 11) is 1.20. The molecule has 1 aliphatic rings. The quantitative estimate of drug-likeness (QED) is 0.928. The first kappa shape index (κ1) is 14.0. The molecular weight excluding hydrogens is 285 g/mol. The van der Waals surface area contributed by atoms with Crippen molar-refractivity contribution in [3.63, 3.8) is 0 Å². The topological polar surface area (TPSA) is 46.5 Å². The lowest BCUT2D eigenvalue weighted by Gasteiger charge is -2.19. The number of hydrogen-bond acceptors (Lipinski definition) is 2. The molecule has 0 bridgehead atoms. The van der Waals surface area contributed by atoms with E-state index in [1.165, 1.54) is 7.11 Å². The largest absolute Gasteiger partial charge is 0.495 e. The Morgan fingerprint density at radius 1 is 1.42 bits per heavy atom. The molecule has 3 nitrogen and oxygen atoms in total. The molecule has 0 radical (unpaired) electrons. The van der Waals surface area contributed by atoms with Crippen molar-refractivity contribution in [2.75, 3.05) is 7.11 Å². The zero-order valence-corrected chi connectivity index (χ0v) is 10.6. The molecule has 0 atom stereocenters. The zero-order chi connectivity index (χ0) is 14.4. The van der Waals surface area contributed by atoms with Gasteiger partial charge in [-0.3, -0.25) is 4.79 Å². The van der Waals surface area contributed by atoms with E-state index in [0.29, 0.717) is 0 Å². The highest BCUT2D eigenvalue weighted by Crippen LogP contribution is 2.53. The number of hydrogen-bond donors (Lipinski definition) is 1. The molecule has 1 saturated carbocycles. The first-order chi connectivity index (χ1) is 8.72. The second kappa shape index (κ2) is 4.30. The maximum Gasteiger partial charge on any atom is 0.416 e. The lowest BCUT2D eigenvalue weighted by molar-refractivity contribution is -0.142. The van der Waals surface area contributed by atoms with E-state index in [9.17, 15) is 18.0 Å². The number of carboxylic acid groups (broad SMARTS) is 1. The van der Waals surface area contributed by atoms with Gasteiger partial charge in [-0.1, -0.05) is 11.6 Å². The van der Waals surface area contributed by atoms with E-state index in [2.05, 4.69) is 0 Å². The predicted molar refractivity (Wildman–Crippen MR) is 61.6 cm³/mol. The molecule has 1 aromatic rings. The van der Waals surface area contributed by atoms with Crippen LogP contribution in [0.2, 0.25) is 5.02 Å². The minimum atomic E-state index is -4.65. The average Bonchev–Trinajstić information content (AvgIpc) is 3.08. The fraction of sp³-hybridized carbons (Fsp3) is 0.417. The number of carbonyl (C=O) groups is 1. The van der Waals surface area contributed by atoms with Gasteiger partial charge in [-0.15, -0.1) is 0 Å². The third kappa shape index (κ3) is 2.25. The molecule has 2 rings (SSSR count). The van der Waals surface area contributed by atoms with Crippen LogP contribution in [0.5, 0.6) is 5.75 Å². The van der Waals surface area contributed by atoms with Crippen LogP contribution in [0.4, 0.5) is 13.2 Å². The Hall–Kier alpha value is -1.43. The maximum absolute atomic E-state index is 13.0. The standard InChI is InChI=1S/C12H10ClF3O3/c1-19-9-5-7(12(14,15)16)6(4-8(9)13)11(2-3-11)10(17)18/h4-5H,2-3H2,1H3,(H,17,18). The number of carboxylic acids is 1. The fourth-order valence-corrected chi connectivity index (χ4v) is 2.30. The molecule has 0 aromatic heterocycles. The minimum absolute atomic E-state index is 0.0296. The molecule has 1 aliphatic carbocycles. The highest BCUT2D eigenvalue weighted by Gasteiger charge is 2.55. The Morgan fingerprint density at radius 2 is 2.00 bits per heavy atom. The predicted octanol–water partition coefficient (Wildman–Crippen LogP) is 3.48. The second-order valence-electron chi connectivity index (χ2n) is 4.42. The second-order valence-corrected chi connectivity index (χ2v) is 4.82. The molecule has 0 amide bonds. The molecule has 0 aliphatic heterocycles. The lowest BCUT2D eigenvalue weighted by atomic mass is 9.91. The summed E-state index contributed by atoms with van der Waals surface area (Å²) in [5.74, 6) is -1.39. The van der Waals surface area contributed by atoms with Crippen molar-refractivity contribution < 1.29 is 27.8 Å². The minimum Gasteiger partial charge on any atom is -0.495 e. The van der Waals surface area contributed by atoms with Crippen molar-refractivity contribution in [3.05, 3.63) is 28.3 Å². The molecule has 7 heteroatoms. The van der Waals surface area contributed by atoms with Gasteiger partial charge in [0.25, 0.3) is 0 Å². The summed E-state index contributed by atoms with van der Waals surface area (Å²) >= 11 is 5.80. The molecule has 1 fully saturated rings. The van der Waals surface area contributed by atoms with Crippen LogP contribution in [0, 0.1) is 0 Å². The van der Waals surface area contributed by atoms with E-state index in [-0.39, 0.29) is 29.2 Å². The van der Waals surface area contributed by atoms with E-state index >= 15 is 0 Å². The summed E-state index contributed by atoms with van der Waals surface area (Å²) in [6.07, 6.45) is -4.31. The fourth-order valence-electron chi connectivity index (χ4n) is 2.06. The number of aliphatic carboxylic acids is 1. The van der Waals surface area contributed by atoms with Gasteiger partial charge >= 0.3 is 12.1 Å². The van der Waals surface area contributed by atoms with Crippen LogP contribution in [0.15, 0.2) is 12.1 Å². The lowest BCUT2D eigenvalue weighted by Crippen LogP contribution is -2.24. The van der Waals surface area contributed by atoms with Crippen LogP contribution in [0.1, 0.15) is 24.0 Å². The van der Waals surface area contributed by atoms with Gasteiger partial charge in [-0.05, 0) is 30.5 Å². The zero-order valence-electron chi connectivity index (χ0n) is 9.84. The third-order valence-corrected chi connectivity index (χ3v) is 3.57. The van der Waals surface area contributed by atoms with Gasteiger partial charge in [-0.2, -0.15) is 13.2 Å². The van der Waals surface area contributed by atoms with Crippen LogP contribution < -0.4 is 4.74 Å². The normalized spacial score (nSPS) is 17.1.